The van der Waals surface area contributed by atoms with E-state index in [-0.39, 0.29) is 22.2 Å². The first-order valence-corrected chi connectivity index (χ1v) is 8.78. The van der Waals surface area contributed by atoms with Crippen LogP contribution in [-0.4, -0.2) is 27.2 Å². The van der Waals surface area contributed by atoms with Crippen molar-refractivity contribution < 1.29 is 18.3 Å². The van der Waals surface area contributed by atoms with E-state index in [0.29, 0.717) is 5.56 Å². The van der Waals surface area contributed by atoms with E-state index in [2.05, 4.69) is 4.72 Å². The topological polar surface area (TPSA) is 75.6 Å². The minimum absolute atomic E-state index is 0.0602. The molecule has 2 rings (SSSR count). The third-order valence-corrected chi connectivity index (χ3v) is 5.19. The highest BCUT2D eigenvalue weighted by atomic mass is 35.5. The largest absolute Gasteiger partial charge is 0.495 e. The second-order valence-electron chi connectivity index (χ2n) is 4.22. The number of ether oxygens (including phenoxy) is 1. The summed E-state index contributed by atoms with van der Waals surface area (Å²) in [6.45, 7) is -0.130. The number of rotatable bonds is 6. The van der Waals surface area contributed by atoms with Gasteiger partial charge >= 0.3 is 0 Å². The first-order chi connectivity index (χ1) is 9.94. The van der Waals surface area contributed by atoms with E-state index in [9.17, 15) is 13.5 Å². The van der Waals surface area contributed by atoms with Crippen LogP contribution in [0.1, 0.15) is 11.7 Å². The van der Waals surface area contributed by atoms with Gasteiger partial charge in [-0.1, -0.05) is 11.6 Å². The second-order valence-corrected chi connectivity index (χ2v) is 7.17. The van der Waals surface area contributed by atoms with Gasteiger partial charge in [0.25, 0.3) is 0 Å². The van der Waals surface area contributed by atoms with Crippen molar-refractivity contribution in [1.82, 2.24) is 4.72 Å². The van der Waals surface area contributed by atoms with E-state index in [1.54, 1.807) is 17.5 Å². The highest BCUT2D eigenvalue weighted by Crippen LogP contribution is 2.27. The van der Waals surface area contributed by atoms with Crippen molar-refractivity contribution in [2.45, 2.75) is 11.0 Å². The van der Waals surface area contributed by atoms with Gasteiger partial charge in [0.15, 0.2) is 0 Å². The summed E-state index contributed by atoms with van der Waals surface area (Å²) in [6, 6.07) is 6.06. The van der Waals surface area contributed by atoms with E-state index < -0.39 is 16.1 Å². The highest BCUT2D eigenvalue weighted by molar-refractivity contribution is 7.89. The molecule has 2 N–H and O–H groups in total. The summed E-state index contributed by atoms with van der Waals surface area (Å²) in [4.78, 5) is -0.0602. The Morgan fingerprint density at radius 1 is 1.43 bits per heavy atom. The van der Waals surface area contributed by atoms with Gasteiger partial charge < -0.3 is 9.84 Å². The van der Waals surface area contributed by atoms with Gasteiger partial charge in [0.05, 0.1) is 13.2 Å². The lowest BCUT2D eigenvalue weighted by Crippen LogP contribution is -2.28. The third kappa shape index (κ3) is 3.96. The Balaban J connectivity index is 2.17. The molecule has 0 radical (unpaired) electrons. The fourth-order valence-corrected chi connectivity index (χ4v) is 3.88. The average molecular weight is 348 g/mol. The van der Waals surface area contributed by atoms with Crippen molar-refractivity contribution >= 4 is 33.0 Å². The van der Waals surface area contributed by atoms with E-state index >= 15 is 0 Å². The fourth-order valence-electron chi connectivity index (χ4n) is 1.71. The zero-order valence-corrected chi connectivity index (χ0v) is 13.5. The molecule has 21 heavy (non-hydrogen) atoms. The summed E-state index contributed by atoms with van der Waals surface area (Å²) in [5.74, 6) is 0.192. The average Bonchev–Trinajstić information content (AvgIpc) is 2.99. The summed E-state index contributed by atoms with van der Waals surface area (Å²) < 4.78 is 31.9. The van der Waals surface area contributed by atoms with Crippen molar-refractivity contribution in [3.63, 3.8) is 0 Å². The van der Waals surface area contributed by atoms with Crippen LogP contribution < -0.4 is 9.46 Å². The van der Waals surface area contributed by atoms with Gasteiger partial charge in [0.2, 0.25) is 10.0 Å². The molecule has 0 aliphatic rings. The van der Waals surface area contributed by atoms with Crippen LogP contribution in [0.25, 0.3) is 0 Å². The molecule has 0 bridgehead atoms. The smallest absolute Gasteiger partial charge is 0.244 e. The van der Waals surface area contributed by atoms with Crippen LogP contribution in [0.15, 0.2) is 39.9 Å². The Morgan fingerprint density at radius 3 is 2.81 bits per heavy atom. The van der Waals surface area contributed by atoms with Crippen molar-refractivity contribution in [3.05, 3.63) is 45.6 Å². The van der Waals surface area contributed by atoms with Crippen molar-refractivity contribution in [2.75, 3.05) is 13.7 Å². The predicted molar refractivity (Wildman–Crippen MR) is 82.5 cm³/mol. The zero-order valence-electron chi connectivity index (χ0n) is 11.1. The Bertz CT molecular complexity index is 701. The number of benzene rings is 1. The standard InChI is InChI=1S/C13H14ClNO4S2/c1-19-12-3-2-10(14)6-13(12)21(17,18)15-7-11(16)9-4-5-20-8-9/h2-6,8,11,15-16H,7H2,1H3/t11-/m1/s1. The van der Waals surface area contributed by atoms with Crippen LogP contribution in [-0.2, 0) is 10.0 Å². The van der Waals surface area contributed by atoms with Crippen LogP contribution in [0.4, 0.5) is 0 Å². The van der Waals surface area contributed by atoms with Gasteiger partial charge in [-0.15, -0.1) is 0 Å². The Hall–Kier alpha value is -1.12. The molecule has 0 saturated heterocycles. The third-order valence-electron chi connectivity index (χ3n) is 2.81. The Morgan fingerprint density at radius 2 is 2.19 bits per heavy atom. The summed E-state index contributed by atoms with van der Waals surface area (Å²) in [5.41, 5.74) is 0.667. The van der Waals surface area contributed by atoms with Crippen molar-refractivity contribution in [3.8, 4) is 5.75 Å². The maximum atomic E-state index is 12.3. The first-order valence-electron chi connectivity index (χ1n) is 5.97. The Labute approximate surface area is 132 Å². The molecule has 0 unspecified atom stereocenters. The summed E-state index contributed by atoms with van der Waals surface area (Å²) in [6.07, 6.45) is -0.906. The van der Waals surface area contributed by atoms with Crippen LogP contribution >= 0.6 is 22.9 Å². The number of aliphatic hydroxyl groups excluding tert-OH is 1. The van der Waals surface area contributed by atoms with Gasteiger partial charge in [0, 0.05) is 11.6 Å². The van der Waals surface area contributed by atoms with Crippen LogP contribution in [0.2, 0.25) is 5.02 Å². The fraction of sp³-hybridized carbons (Fsp3) is 0.231. The van der Waals surface area contributed by atoms with Crippen molar-refractivity contribution in [2.24, 2.45) is 0 Å². The highest BCUT2D eigenvalue weighted by Gasteiger charge is 2.21. The molecule has 0 aliphatic carbocycles. The summed E-state index contributed by atoms with van der Waals surface area (Å²) in [7, 11) is -2.45. The van der Waals surface area contributed by atoms with Gasteiger partial charge in [0.1, 0.15) is 10.6 Å². The lowest BCUT2D eigenvalue weighted by Gasteiger charge is -2.13. The summed E-state index contributed by atoms with van der Waals surface area (Å²) in [5, 5.41) is 13.8. The molecule has 1 atom stereocenters. The number of hydrogen-bond acceptors (Lipinski definition) is 5. The second kappa shape index (κ2) is 6.76. The molecule has 1 aromatic carbocycles. The predicted octanol–water partition coefficient (Wildman–Crippen LogP) is 2.42. The van der Waals surface area contributed by atoms with E-state index in [0.717, 1.165) is 0 Å². The molecule has 1 aromatic heterocycles. The maximum absolute atomic E-state index is 12.3. The zero-order chi connectivity index (χ0) is 15.5. The molecule has 8 heteroatoms. The molecule has 0 fully saturated rings. The normalized spacial score (nSPS) is 13.1. The molecular formula is C13H14ClNO4S2. The number of hydrogen-bond donors (Lipinski definition) is 2. The lowest BCUT2D eigenvalue weighted by atomic mass is 10.2. The molecule has 5 nitrogen and oxygen atoms in total. The van der Waals surface area contributed by atoms with Gasteiger partial charge in [-0.3, -0.25) is 0 Å². The molecule has 1 heterocycles. The molecule has 114 valence electrons. The van der Waals surface area contributed by atoms with Gasteiger partial charge in [-0.25, -0.2) is 13.1 Å². The van der Waals surface area contributed by atoms with Crippen molar-refractivity contribution in [1.29, 1.82) is 0 Å². The monoisotopic (exact) mass is 347 g/mol. The van der Waals surface area contributed by atoms with Gasteiger partial charge in [-0.2, -0.15) is 11.3 Å². The number of aliphatic hydroxyl groups is 1. The SMILES string of the molecule is COc1ccc(Cl)cc1S(=O)(=O)NC[C@@H](O)c1ccsc1. The number of nitrogens with one attached hydrogen (secondary N) is 1. The minimum Gasteiger partial charge on any atom is -0.495 e. The first kappa shape index (κ1) is 16.3. The maximum Gasteiger partial charge on any atom is 0.244 e. The quantitative estimate of drug-likeness (QED) is 0.841. The van der Waals surface area contributed by atoms with E-state index in [4.69, 9.17) is 16.3 Å². The number of sulfonamides is 1. The van der Waals surface area contributed by atoms with E-state index in [1.165, 1.54) is 30.6 Å². The Kier molecular flexibility index (Phi) is 5.23. The lowest BCUT2D eigenvalue weighted by molar-refractivity contribution is 0.182. The molecule has 2 aromatic rings. The molecule has 0 saturated carbocycles. The summed E-state index contributed by atoms with van der Waals surface area (Å²) >= 11 is 7.26. The van der Waals surface area contributed by atoms with Crippen LogP contribution in [0, 0.1) is 0 Å². The molecule has 0 aliphatic heterocycles. The number of halogens is 1. The van der Waals surface area contributed by atoms with Gasteiger partial charge in [-0.05, 0) is 40.6 Å². The van der Waals surface area contributed by atoms with Crippen LogP contribution in [0.5, 0.6) is 5.75 Å². The van der Waals surface area contributed by atoms with E-state index in [1.807, 2.05) is 5.38 Å². The number of methoxy groups -OCH3 is 1. The van der Waals surface area contributed by atoms with Crippen LogP contribution in [0.3, 0.4) is 0 Å². The molecule has 0 spiro atoms. The number of thiophene rings is 1. The minimum atomic E-state index is -3.83. The molecule has 0 amide bonds. The molecular weight excluding hydrogens is 334 g/mol.